The SMILES string of the molecule is Cc1csc(CC(=O)N/N=C2\CC[C@H]3CCCC[C@H]3C2)n1. The summed E-state index contributed by atoms with van der Waals surface area (Å²) in [4.78, 5) is 16.2. The smallest absolute Gasteiger partial charge is 0.246 e. The van der Waals surface area contributed by atoms with Gasteiger partial charge < -0.3 is 0 Å². The number of nitrogens with zero attached hydrogens (tertiary/aromatic N) is 2. The van der Waals surface area contributed by atoms with Crippen LogP contribution >= 0.6 is 11.3 Å². The van der Waals surface area contributed by atoms with Gasteiger partial charge in [-0.1, -0.05) is 19.3 Å². The van der Waals surface area contributed by atoms with E-state index in [4.69, 9.17) is 0 Å². The summed E-state index contributed by atoms with van der Waals surface area (Å²) in [5.74, 6) is 1.67. The zero-order chi connectivity index (χ0) is 14.7. The number of rotatable bonds is 3. The molecule has 2 fully saturated rings. The largest absolute Gasteiger partial charge is 0.273 e. The van der Waals surface area contributed by atoms with Crippen molar-refractivity contribution >= 4 is 23.0 Å². The Morgan fingerprint density at radius 2 is 2.19 bits per heavy atom. The van der Waals surface area contributed by atoms with Crippen LogP contribution in [0.2, 0.25) is 0 Å². The maximum atomic E-state index is 11.9. The van der Waals surface area contributed by atoms with Crippen molar-refractivity contribution in [1.29, 1.82) is 0 Å². The monoisotopic (exact) mass is 305 g/mol. The Bertz CT molecular complexity index is 537. The molecule has 0 aromatic carbocycles. The molecule has 4 nitrogen and oxygen atoms in total. The topological polar surface area (TPSA) is 54.4 Å². The predicted octanol–water partition coefficient (Wildman–Crippen LogP) is 3.46. The fourth-order valence-corrected chi connectivity index (χ4v) is 4.36. The van der Waals surface area contributed by atoms with Crippen molar-refractivity contribution in [2.45, 2.75) is 58.3 Å². The zero-order valence-electron chi connectivity index (χ0n) is 12.6. The lowest BCUT2D eigenvalue weighted by molar-refractivity contribution is -0.120. The molecule has 2 aliphatic rings. The van der Waals surface area contributed by atoms with Crippen LogP contribution in [0, 0.1) is 18.8 Å². The Balaban J connectivity index is 1.50. The van der Waals surface area contributed by atoms with Gasteiger partial charge in [-0.25, -0.2) is 10.4 Å². The maximum Gasteiger partial charge on any atom is 0.246 e. The van der Waals surface area contributed by atoms with Crippen LogP contribution in [-0.2, 0) is 11.2 Å². The van der Waals surface area contributed by atoms with E-state index in [1.165, 1.54) is 49.2 Å². The van der Waals surface area contributed by atoms with Gasteiger partial charge in [-0.3, -0.25) is 4.79 Å². The first-order valence-corrected chi connectivity index (χ1v) is 8.84. The van der Waals surface area contributed by atoms with Gasteiger partial charge in [-0.15, -0.1) is 11.3 Å². The third-order valence-electron chi connectivity index (χ3n) is 4.69. The highest BCUT2D eigenvalue weighted by Gasteiger charge is 2.30. The Hall–Kier alpha value is -1.23. The Kier molecular flexibility index (Phi) is 4.68. The molecule has 5 heteroatoms. The minimum absolute atomic E-state index is 0.0531. The highest BCUT2D eigenvalue weighted by molar-refractivity contribution is 7.09. The summed E-state index contributed by atoms with van der Waals surface area (Å²) in [5, 5.41) is 7.20. The summed E-state index contributed by atoms with van der Waals surface area (Å²) in [7, 11) is 0. The van der Waals surface area contributed by atoms with Crippen LogP contribution in [-0.4, -0.2) is 16.6 Å². The van der Waals surface area contributed by atoms with E-state index in [1.54, 1.807) is 0 Å². The first kappa shape index (κ1) is 14.7. The number of nitrogens with one attached hydrogen (secondary N) is 1. The highest BCUT2D eigenvalue weighted by Crippen LogP contribution is 2.39. The van der Waals surface area contributed by atoms with Gasteiger partial charge in [-0.2, -0.15) is 5.10 Å². The number of aryl methyl sites for hydroxylation is 1. The van der Waals surface area contributed by atoms with E-state index >= 15 is 0 Å². The fraction of sp³-hybridized carbons (Fsp3) is 0.688. The van der Waals surface area contributed by atoms with Crippen LogP contribution in [0.25, 0.3) is 0 Å². The summed E-state index contributed by atoms with van der Waals surface area (Å²) < 4.78 is 0. The molecule has 2 aliphatic carbocycles. The second-order valence-corrected chi connectivity index (χ2v) is 7.26. The molecule has 0 spiro atoms. The summed E-state index contributed by atoms with van der Waals surface area (Å²) in [6, 6.07) is 0. The van der Waals surface area contributed by atoms with Gasteiger partial charge in [0, 0.05) is 16.8 Å². The van der Waals surface area contributed by atoms with Gasteiger partial charge in [0.25, 0.3) is 0 Å². The molecular formula is C16H23N3OS. The van der Waals surface area contributed by atoms with E-state index in [0.29, 0.717) is 6.42 Å². The Morgan fingerprint density at radius 1 is 1.38 bits per heavy atom. The standard InChI is InChI=1S/C16H23N3OS/c1-11-10-21-16(17-11)9-15(20)19-18-14-7-6-12-4-2-3-5-13(12)8-14/h10,12-13H,2-9H2,1H3,(H,19,20)/b18-14+/t12-,13+/m1/s1. The van der Waals surface area contributed by atoms with Crippen LogP contribution < -0.4 is 5.43 Å². The van der Waals surface area contributed by atoms with Crippen LogP contribution in [0.1, 0.15) is 55.6 Å². The Morgan fingerprint density at radius 3 is 2.95 bits per heavy atom. The maximum absolute atomic E-state index is 11.9. The molecule has 1 aromatic rings. The quantitative estimate of drug-likeness (QED) is 0.870. The van der Waals surface area contributed by atoms with Gasteiger partial charge in [0.05, 0.1) is 6.42 Å². The van der Waals surface area contributed by atoms with E-state index in [-0.39, 0.29) is 5.91 Å². The van der Waals surface area contributed by atoms with E-state index in [9.17, 15) is 4.79 Å². The van der Waals surface area contributed by atoms with Crippen molar-refractivity contribution in [2.75, 3.05) is 0 Å². The van der Waals surface area contributed by atoms with Crippen molar-refractivity contribution in [1.82, 2.24) is 10.4 Å². The number of amides is 1. The number of carbonyl (C=O) groups excluding carboxylic acids is 1. The van der Waals surface area contributed by atoms with Crippen molar-refractivity contribution in [3.8, 4) is 0 Å². The fourth-order valence-electron chi connectivity index (χ4n) is 3.59. The highest BCUT2D eigenvalue weighted by atomic mass is 32.1. The molecule has 0 radical (unpaired) electrons. The van der Waals surface area contributed by atoms with Crippen LogP contribution in [0.5, 0.6) is 0 Å². The van der Waals surface area contributed by atoms with Gasteiger partial charge >= 0.3 is 0 Å². The second-order valence-electron chi connectivity index (χ2n) is 6.32. The van der Waals surface area contributed by atoms with Gasteiger partial charge in [0.15, 0.2) is 0 Å². The minimum Gasteiger partial charge on any atom is -0.273 e. The summed E-state index contributed by atoms with van der Waals surface area (Å²) >= 11 is 1.53. The molecule has 2 atom stereocenters. The molecule has 1 heterocycles. The molecule has 1 amide bonds. The third kappa shape index (κ3) is 3.90. The first-order valence-electron chi connectivity index (χ1n) is 7.96. The van der Waals surface area contributed by atoms with Gasteiger partial charge in [0.1, 0.15) is 5.01 Å². The van der Waals surface area contributed by atoms with E-state index in [2.05, 4.69) is 15.5 Å². The third-order valence-corrected chi connectivity index (χ3v) is 5.65. The molecule has 114 valence electrons. The molecule has 1 aromatic heterocycles. The number of hydrogen-bond acceptors (Lipinski definition) is 4. The van der Waals surface area contributed by atoms with Crippen molar-refractivity contribution in [3.05, 3.63) is 16.1 Å². The molecule has 21 heavy (non-hydrogen) atoms. The number of thiazole rings is 1. The summed E-state index contributed by atoms with van der Waals surface area (Å²) in [5.41, 5.74) is 4.88. The van der Waals surface area contributed by atoms with E-state index in [1.807, 2.05) is 12.3 Å². The number of hydrogen-bond donors (Lipinski definition) is 1. The molecule has 0 aliphatic heterocycles. The van der Waals surface area contributed by atoms with Crippen molar-refractivity contribution in [2.24, 2.45) is 16.9 Å². The van der Waals surface area contributed by atoms with Crippen LogP contribution in [0.15, 0.2) is 10.5 Å². The zero-order valence-corrected chi connectivity index (χ0v) is 13.4. The van der Waals surface area contributed by atoms with Crippen LogP contribution in [0.3, 0.4) is 0 Å². The average molecular weight is 305 g/mol. The van der Waals surface area contributed by atoms with Crippen LogP contribution in [0.4, 0.5) is 0 Å². The number of hydrazone groups is 1. The molecule has 2 saturated carbocycles. The first-order chi connectivity index (χ1) is 10.2. The van der Waals surface area contributed by atoms with Gasteiger partial charge in [0.2, 0.25) is 5.91 Å². The molecule has 0 bridgehead atoms. The lowest BCUT2D eigenvalue weighted by Crippen LogP contribution is -2.30. The second kappa shape index (κ2) is 6.69. The predicted molar refractivity (Wildman–Crippen MR) is 85.4 cm³/mol. The molecular weight excluding hydrogens is 282 g/mol. The van der Waals surface area contributed by atoms with E-state index in [0.717, 1.165) is 35.4 Å². The van der Waals surface area contributed by atoms with E-state index < -0.39 is 0 Å². The lowest BCUT2D eigenvalue weighted by atomic mass is 9.70. The number of aromatic nitrogens is 1. The number of fused-ring (bicyclic) bond motifs is 1. The van der Waals surface area contributed by atoms with Gasteiger partial charge in [-0.05, 0) is 44.4 Å². The molecule has 3 rings (SSSR count). The minimum atomic E-state index is -0.0531. The summed E-state index contributed by atoms with van der Waals surface area (Å²) in [6.45, 7) is 1.95. The normalized spacial score (nSPS) is 27.4. The molecule has 0 unspecified atom stereocenters. The van der Waals surface area contributed by atoms with Crippen molar-refractivity contribution < 1.29 is 4.79 Å². The van der Waals surface area contributed by atoms with Crippen molar-refractivity contribution in [3.63, 3.8) is 0 Å². The Labute approximate surface area is 130 Å². The molecule has 1 N–H and O–H groups in total. The average Bonchev–Trinajstić information content (AvgIpc) is 2.90. The summed E-state index contributed by atoms with van der Waals surface area (Å²) in [6.07, 6.45) is 9.23. The number of carbonyl (C=O) groups is 1. The molecule has 0 saturated heterocycles. The lowest BCUT2D eigenvalue weighted by Gasteiger charge is -2.35.